The minimum Gasteiger partial charge on any atom is -0.273 e. The lowest BCUT2D eigenvalue weighted by molar-refractivity contribution is -0.385. The molecular formula is C18H15N3O5. The first kappa shape index (κ1) is 17.3. The van der Waals surface area contributed by atoms with E-state index >= 15 is 0 Å². The summed E-state index contributed by atoms with van der Waals surface area (Å²) in [6, 6.07) is 14.3. The second kappa shape index (κ2) is 7.14. The Balaban J connectivity index is 2.03. The van der Waals surface area contributed by atoms with E-state index < -0.39 is 22.6 Å². The number of rotatable bonds is 5. The monoisotopic (exact) mass is 353 g/mol. The van der Waals surface area contributed by atoms with Crippen LogP contribution in [0.4, 0.5) is 5.69 Å². The molecular weight excluding hydrogens is 338 g/mol. The van der Waals surface area contributed by atoms with Crippen LogP contribution >= 0.6 is 0 Å². The van der Waals surface area contributed by atoms with Gasteiger partial charge in [0.1, 0.15) is 5.56 Å². The third kappa shape index (κ3) is 3.30. The van der Waals surface area contributed by atoms with E-state index in [4.69, 9.17) is 0 Å². The first-order valence-corrected chi connectivity index (χ1v) is 7.94. The van der Waals surface area contributed by atoms with E-state index in [1.54, 1.807) is 30.3 Å². The zero-order chi connectivity index (χ0) is 18.7. The van der Waals surface area contributed by atoms with Gasteiger partial charge in [0.05, 0.1) is 11.5 Å². The Bertz CT molecular complexity index is 865. The maximum atomic E-state index is 13.0. The average Bonchev–Trinajstić information content (AvgIpc) is 2.98. The van der Waals surface area contributed by atoms with Gasteiger partial charge in [-0.1, -0.05) is 42.5 Å². The van der Waals surface area contributed by atoms with E-state index in [1.807, 2.05) is 0 Å². The molecule has 1 aliphatic heterocycles. The summed E-state index contributed by atoms with van der Waals surface area (Å²) in [4.78, 5) is 47.9. The lowest BCUT2D eigenvalue weighted by Crippen LogP contribution is -2.49. The number of benzene rings is 2. The Morgan fingerprint density at radius 2 is 1.58 bits per heavy atom. The van der Waals surface area contributed by atoms with Gasteiger partial charge in [-0.15, -0.1) is 0 Å². The summed E-state index contributed by atoms with van der Waals surface area (Å²) >= 11 is 0. The highest BCUT2D eigenvalue weighted by Gasteiger charge is 2.38. The van der Waals surface area contributed by atoms with Crippen molar-refractivity contribution in [2.24, 2.45) is 0 Å². The zero-order valence-corrected chi connectivity index (χ0v) is 13.7. The van der Waals surface area contributed by atoms with Crippen LogP contribution < -0.4 is 0 Å². The summed E-state index contributed by atoms with van der Waals surface area (Å²) in [5.74, 6) is -1.78. The fourth-order valence-electron chi connectivity index (χ4n) is 2.78. The first-order valence-electron chi connectivity index (χ1n) is 7.94. The molecule has 0 aliphatic carbocycles. The molecule has 0 saturated carbocycles. The number of nitrogens with zero attached hydrogens (tertiary/aromatic N) is 3. The van der Waals surface area contributed by atoms with Crippen LogP contribution in [0.2, 0.25) is 0 Å². The van der Waals surface area contributed by atoms with Gasteiger partial charge in [-0.2, -0.15) is 5.01 Å². The molecule has 1 saturated heterocycles. The highest BCUT2D eigenvalue weighted by atomic mass is 16.6. The maximum absolute atomic E-state index is 13.0. The van der Waals surface area contributed by atoms with E-state index in [-0.39, 0.29) is 30.6 Å². The molecule has 0 spiro atoms. The number of hydrogen-bond donors (Lipinski definition) is 0. The van der Waals surface area contributed by atoms with Crippen molar-refractivity contribution in [3.8, 4) is 0 Å². The number of amides is 3. The highest BCUT2D eigenvalue weighted by Crippen LogP contribution is 2.24. The van der Waals surface area contributed by atoms with Crippen LogP contribution in [0, 0.1) is 10.1 Å². The van der Waals surface area contributed by atoms with E-state index in [1.165, 1.54) is 24.3 Å². The van der Waals surface area contributed by atoms with Gasteiger partial charge in [0, 0.05) is 18.9 Å². The molecule has 8 nitrogen and oxygen atoms in total. The Kier molecular flexibility index (Phi) is 4.74. The molecule has 26 heavy (non-hydrogen) atoms. The zero-order valence-electron chi connectivity index (χ0n) is 13.7. The quantitative estimate of drug-likeness (QED) is 0.466. The highest BCUT2D eigenvalue weighted by molar-refractivity contribution is 6.06. The molecule has 0 bridgehead atoms. The van der Waals surface area contributed by atoms with Gasteiger partial charge in [-0.3, -0.25) is 24.5 Å². The van der Waals surface area contributed by atoms with Gasteiger partial charge < -0.3 is 0 Å². The van der Waals surface area contributed by atoms with Crippen molar-refractivity contribution < 1.29 is 19.3 Å². The van der Waals surface area contributed by atoms with Crippen LogP contribution in [0.1, 0.15) is 28.8 Å². The van der Waals surface area contributed by atoms with Crippen LogP contribution in [0.3, 0.4) is 0 Å². The fourth-order valence-corrected chi connectivity index (χ4v) is 2.78. The van der Waals surface area contributed by atoms with Crippen molar-refractivity contribution in [3.05, 3.63) is 75.8 Å². The number of carbonyl (C=O) groups excluding carboxylic acids is 3. The molecule has 3 rings (SSSR count). The lowest BCUT2D eigenvalue weighted by Gasteiger charge is -2.30. The van der Waals surface area contributed by atoms with Gasteiger partial charge >= 0.3 is 0 Å². The maximum Gasteiger partial charge on any atom is 0.282 e. The molecule has 0 atom stereocenters. The second-order valence-corrected chi connectivity index (χ2v) is 5.72. The summed E-state index contributed by atoms with van der Waals surface area (Å²) < 4.78 is 0. The van der Waals surface area contributed by atoms with Gasteiger partial charge in [0.25, 0.3) is 11.6 Å². The van der Waals surface area contributed by atoms with Crippen LogP contribution in [0.5, 0.6) is 0 Å². The minimum absolute atomic E-state index is 0.00822. The minimum atomic E-state index is -0.773. The third-order valence-electron chi connectivity index (χ3n) is 4.01. The Labute approximate surface area is 148 Å². The smallest absolute Gasteiger partial charge is 0.273 e. The number of hydrogen-bond acceptors (Lipinski definition) is 5. The van der Waals surface area contributed by atoms with Gasteiger partial charge in [0.15, 0.2) is 0 Å². The van der Waals surface area contributed by atoms with Crippen LogP contribution in [-0.4, -0.2) is 32.7 Å². The number of hydrazine groups is 1. The second-order valence-electron chi connectivity index (χ2n) is 5.72. The number of nitro groups is 1. The fraction of sp³-hybridized carbons (Fsp3) is 0.167. The Morgan fingerprint density at radius 1 is 1.00 bits per heavy atom. The normalized spacial score (nSPS) is 13.8. The molecule has 2 aromatic rings. The van der Waals surface area contributed by atoms with Gasteiger partial charge in [-0.25, -0.2) is 5.01 Å². The van der Waals surface area contributed by atoms with E-state index in [0.717, 1.165) is 10.0 Å². The van der Waals surface area contributed by atoms with Gasteiger partial charge in [0.2, 0.25) is 11.8 Å². The summed E-state index contributed by atoms with van der Waals surface area (Å²) in [5.41, 5.74) is 0.127. The van der Waals surface area contributed by atoms with Crippen molar-refractivity contribution in [2.45, 2.75) is 19.4 Å². The molecule has 1 heterocycles. The standard InChI is InChI=1S/C18H15N3O5/c22-16-10-11-17(23)20(16)19(12-13-6-2-1-3-7-13)18(24)14-8-4-5-9-15(14)21(25)26/h1-9H,10-12H2. The SMILES string of the molecule is O=C(c1ccccc1[N+](=O)[O-])N(Cc1ccccc1)N1C(=O)CCC1=O. The largest absolute Gasteiger partial charge is 0.282 e. The topological polar surface area (TPSA) is 101 Å². The predicted octanol–water partition coefficient (Wildman–Crippen LogP) is 2.30. The molecule has 132 valence electrons. The number of carbonyl (C=O) groups is 3. The van der Waals surface area contributed by atoms with Crippen molar-refractivity contribution in [2.75, 3.05) is 0 Å². The summed E-state index contributed by atoms with van der Waals surface area (Å²) in [6.45, 7) is -0.0524. The van der Waals surface area contributed by atoms with Crippen molar-refractivity contribution in [1.82, 2.24) is 10.0 Å². The van der Waals surface area contributed by atoms with Crippen molar-refractivity contribution >= 4 is 23.4 Å². The third-order valence-corrected chi connectivity index (χ3v) is 4.01. The molecule has 0 unspecified atom stereocenters. The molecule has 0 aromatic heterocycles. The molecule has 0 N–H and O–H groups in total. The number of imide groups is 1. The molecule has 2 aromatic carbocycles. The van der Waals surface area contributed by atoms with Crippen LogP contribution in [-0.2, 0) is 16.1 Å². The molecule has 3 amide bonds. The average molecular weight is 353 g/mol. The number of nitro benzene ring substituents is 1. The van der Waals surface area contributed by atoms with Crippen LogP contribution in [0.15, 0.2) is 54.6 Å². The van der Waals surface area contributed by atoms with Crippen LogP contribution in [0.25, 0.3) is 0 Å². The molecule has 8 heteroatoms. The van der Waals surface area contributed by atoms with E-state index in [0.29, 0.717) is 5.56 Å². The molecule has 0 radical (unpaired) electrons. The van der Waals surface area contributed by atoms with Gasteiger partial charge in [-0.05, 0) is 11.6 Å². The van der Waals surface area contributed by atoms with Crippen molar-refractivity contribution in [3.63, 3.8) is 0 Å². The van der Waals surface area contributed by atoms with E-state index in [2.05, 4.69) is 0 Å². The van der Waals surface area contributed by atoms with Crippen molar-refractivity contribution in [1.29, 1.82) is 0 Å². The molecule has 1 aliphatic rings. The number of para-hydroxylation sites is 1. The Hall–Kier alpha value is -3.55. The summed E-state index contributed by atoms with van der Waals surface area (Å²) in [6.07, 6.45) is 0.0164. The lowest BCUT2D eigenvalue weighted by atomic mass is 10.1. The summed E-state index contributed by atoms with van der Waals surface area (Å²) in [5, 5.41) is 13.0. The Morgan fingerprint density at radius 3 is 2.19 bits per heavy atom. The predicted molar refractivity (Wildman–Crippen MR) is 90.5 cm³/mol. The molecule has 1 fully saturated rings. The first-order chi connectivity index (χ1) is 12.5. The summed E-state index contributed by atoms with van der Waals surface area (Å²) in [7, 11) is 0. The van der Waals surface area contributed by atoms with E-state index in [9.17, 15) is 24.5 Å².